The Morgan fingerprint density at radius 2 is 2.11 bits per heavy atom. The van der Waals surface area contributed by atoms with E-state index in [1.54, 1.807) is 0 Å². The van der Waals surface area contributed by atoms with Crippen LogP contribution in [0.5, 0.6) is 0 Å². The van der Waals surface area contributed by atoms with Crippen molar-refractivity contribution >= 4 is 17.7 Å². The Balaban J connectivity index is 2.34. The van der Waals surface area contributed by atoms with E-state index in [1.165, 1.54) is 0 Å². The third kappa shape index (κ3) is 5.56. The minimum atomic E-state index is -0.767. The van der Waals surface area contributed by atoms with Gasteiger partial charge in [-0.25, -0.2) is 0 Å². The number of carboxylic acids is 1. The minimum absolute atomic E-state index is 0.454. The molecule has 0 fully saturated rings. The van der Waals surface area contributed by atoms with Gasteiger partial charge < -0.3 is 10.4 Å². The van der Waals surface area contributed by atoms with Crippen LogP contribution >= 0.6 is 11.8 Å². The van der Waals surface area contributed by atoms with Crippen LogP contribution < -0.4 is 5.32 Å². The van der Waals surface area contributed by atoms with Gasteiger partial charge in [-0.15, -0.1) is 0 Å². The molecule has 18 heavy (non-hydrogen) atoms. The summed E-state index contributed by atoms with van der Waals surface area (Å²) in [5.41, 5.74) is 0.862. The van der Waals surface area contributed by atoms with Crippen molar-refractivity contribution in [2.24, 2.45) is 0 Å². The second-order valence-electron chi connectivity index (χ2n) is 4.06. The van der Waals surface area contributed by atoms with E-state index in [2.05, 4.69) is 12.2 Å². The van der Waals surface area contributed by atoms with Crippen molar-refractivity contribution in [3.63, 3.8) is 0 Å². The molecular formula is C14H21NO2S. The molecule has 1 aromatic carbocycles. The molecule has 0 spiro atoms. The fourth-order valence-corrected chi connectivity index (χ4v) is 2.36. The number of thioether (sulfide) groups is 1. The Hall–Kier alpha value is -1.00. The van der Waals surface area contributed by atoms with E-state index in [0.29, 0.717) is 6.54 Å². The first-order valence-corrected chi connectivity index (χ1v) is 7.47. The van der Waals surface area contributed by atoms with Gasteiger partial charge in [0.05, 0.1) is 5.92 Å². The van der Waals surface area contributed by atoms with Crippen molar-refractivity contribution in [3.8, 4) is 0 Å². The fraction of sp³-hybridized carbons (Fsp3) is 0.500. The van der Waals surface area contributed by atoms with Crippen LogP contribution in [-0.2, 0) is 4.79 Å². The smallest absolute Gasteiger partial charge is 0.312 e. The number of carbonyl (C=O) groups is 1. The number of carboxylic acid groups (broad SMARTS) is 1. The lowest BCUT2D eigenvalue weighted by Crippen LogP contribution is -2.27. The maximum atomic E-state index is 11.2. The number of hydrogen-bond donors (Lipinski definition) is 2. The second kappa shape index (κ2) is 9.00. The van der Waals surface area contributed by atoms with Crippen molar-refractivity contribution in [2.45, 2.75) is 19.3 Å². The third-order valence-corrected chi connectivity index (χ3v) is 3.68. The Morgan fingerprint density at radius 1 is 1.39 bits per heavy atom. The van der Waals surface area contributed by atoms with Gasteiger partial charge in [0, 0.05) is 6.54 Å². The highest BCUT2D eigenvalue weighted by atomic mass is 32.2. The molecule has 4 heteroatoms. The number of rotatable bonds is 9. The van der Waals surface area contributed by atoms with Gasteiger partial charge in [-0.05, 0) is 30.0 Å². The van der Waals surface area contributed by atoms with Gasteiger partial charge in [0.2, 0.25) is 0 Å². The highest BCUT2D eigenvalue weighted by Crippen LogP contribution is 2.14. The van der Waals surface area contributed by atoms with Gasteiger partial charge in [0.25, 0.3) is 0 Å². The van der Waals surface area contributed by atoms with Gasteiger partial charge >= 0.3 is 5.97 Å². The van der Waals surface area contributed by atoms with Crippen LogP contribution in [0.4, 0.5) is 0 Å². The normalized spacial score (nSPS) is 12.3. The van der Waals surface area contributed by atoms with E-state index < -0.39 is 11.9 Å². The maximum Gasteiger partial charge on any atom is 0.312 e. The maximum absolute atomic E-state index is 11.2. The van der Waals surface area contributed by atoms with Crippen molar-refractivity contribution in [2.75, 3.05) is 24.6 Å². The lowest BCUT2D eigenvalue weighted by molar-refractivity contribution is -0.138. The summed E-state index contributed by atoms with van der Waals surface area (Å²) in [4.78, 5) is 11.2. The highest BCUT2D eigenvalue weighted by Gasteiger charge is 2.18. The first kappa shape index (κ1) is 15.1. The lowest BCUT2D eigenvalue weighted by Gasteiger charge is -2.13. The number of benzene rings is 1. The zero-order valence-corrected chi connectivity index (χ0v) is 11.6. The van der Waals surface area contributed by atoms with Gasteiger partial charge in [-0.2, -0.15) is 11.8 Å². The molecule has 0 saturated carbocycles. The van der Waals surface area contributed by atoms with Crippen LogP contribution in [0.25, 0.3) is 0 Å². The summed E-state index contributed by atoms with van der Waals surface area (Å²) in [6, 6.07) is 9.39. The first-order valence-electron chi connectivity index (χ1n) is 6.32. The van der Waals surface area contributed by atoms with E-state index in [1.807, 2.05) is 42.1 Å². The summed E-state index contributed by atoms with van der Waals surface area (Å²) in [6.07, 6.45) is 1.08. The Bertz CT molecular complexity index is 343. The Kier molecular flexibility index (Phi) is 7.53. The average molecular weight is 267 g/mol. The topological polar surface area (TPSA) is 49.3 Å². The van der Waals surface area contributed by atoms with E-state index in [-0.39, 0.29) is 0 Å². The number of nitrogens with one attached hydrogen (secondary N) is 1. The van der Waals surface area contributed by atoms with E-state index >= 15 is 0 Å². The van der Waals surface area contributed by atoms with Crippen molar-refractivity contribution in [1.29, 1.82) is 0 Å². The molecule has 1 aromatic rings. The molecule has 0 amide bonds. The summed E-state index contributed by atoms with van der Waals surface area (Å²) >= 11 is 1.91. The van der Waals surface area contributed by atoms with Crippen molar-refractivity contribution < 1.29 is 9.90 Å². The predicted molar refractivity (Wildman–Crippen MR) is 77.3 cm³/mol. The standard InChI is InChI=1S/C14H21NO2S/c1-2-18-10-6-9-15-11-13(14(16)17)12-7-4-3-5-8-12/h3-5,7-8,13,15H,2,6,9-11H2,1H3,(H,16,17). The Morgan fingerprint density at radius 3 is 2.72 bits per heavy atom. The number of aliphatic carboxylic acids is 1. The summed E-state index contributed by atoms with van der Waals surface area (Å²) < 4.78 is 0. The zero-order valence-electron chi connectivity index (χ0n) is 10.8. The molecule has 0 radical (unpaired) electrons. The summed E-state index contributed by atoms with van der Waals surface area (Å²) in [5, 5.41) is 12.5. The highest BCUT2D eigenvalue weighted by molar-refractivity contribution is 7.99. The quantitative estimate of drug-likeness (QED) is 0.675. The molecule has 0 aliphatic carbocycles. The SMILES string of the molecule is CCSCCCNCC(C(=O)O)c1ccccc1. The molecule has 0 saturated heterocycles. The lowest BCUT2D eigenvalue weighted by atomic mass is 9.99. The molecule has 0 bridgehead atoms. The molecule has 100 valence electrons. The predicted octanol–water partition coefficient (Wildman–Crippen LogP) is 2.59. The zero-order chi connectivity index (χ0) is 13.2. The van der Waals surface area contributed by atoms with Crippen LogP contribution in [0.2, 0.25) is 0 Å². The Labute approximate surface area is 113 Å². The molecule has 1 atom stereocenters. The monoisotopic (exact) mass is 267 g/mol. The summed E-state index contributed by atoms with van der Waals surface area (Å²) in [5.74, 6) is 1.05. The second-order valence-corrected chi connectivity index (χ2v) is 5.45. The van der Waals surface area contributed by atoms with Crippen LogP contribution in [0.1, 0.15) is 24.8 Å². The van der Waals surface area contributed by atoms with E-state index in [0.717, 1.165) is 30.0 Å². The van der Waals surface area contributed by atoms with Gasteiger partial charge in [0.15, 0.2) is 0 Å². The summed E-state index contributed by atoms with van der Waals surface area (Å²) in [7, 11) is 0. The van der Waals surface area contributed by atoms with Crippen LogP contribution in [0.15, 0.2) is 30.3 Å². The molecular weight excluding hydrogens is 246 g/mol. The van der Waals surface area contributed by atoms with Gasteiger partial charge in [-0.1, -0.05) is 37.3 Å². The largest absolute Gasteiger partial charge is 0.481 e. The molecule has 1 unspecified atom stereocenters. The molecule has 0 aliphatic heterocycles. The first-order chi connectivity index (χ1) is 8.75. The minimum Gasteiger partial charge on any atom is -0.481 e. The van der Waals surface area contributed by atoms with Crippen LogP contribution in [-0.4, -0.2) is 35.7 Å². The van der Waals surface area contributed by atoms with E-state index in [9.17, 15) is 9.90 Å². The van der Waals surface area contributed by atoms with Gasteiger partial charge in [0.1, 0.15) is 0 Å². The van der Waals surface area contributed by atoms with E-state index in [4.69, 9.17) is 0 Å². The summed E-state index contributed by atoms with van der Waals surface area (Å²) in [6.45, 7) is 3.52. The molecule has 0 heterocycles. The molecule has 3 nitrogen and oxygen atoms in total. The third-order valence-electron chi connectivity index (χ3n) is 2.69. The molecule has 0 aliphatic rings. The molecule has 2 N–H and O–H groups in total. The molecule has 1 rings (SSSR count). The van der Waals surface area contributed by atoms with Crippen molar-refractivity contribution in [3.05, 3.63) is 35.9 Å². The average Bonchev–Trinajstić information content (AvgIpc) is 2.38. The number of hydrogen-bond acceptors (Lipinski definition) is 3. The molecule has 0 aromatic heterocycles. The van der Waals surface area contributed by atoms with Crippen LogP contribution in [0, 0.1) is 0 Å². The van der Waals surface area contributed by atoms with Gasteiger partial charge in [-0.3, -0.25) is 4.79 Å². The fourth-order valence-electron chi connectivity index (χ4n) is 1.72. The van der Waals surface area contributed by atoms with Crippen molar-refractivity contribution in [1.82, 2.24) is 5.32 Å². The van der Waals surface area contributed by atoms with Crippen LogP contribution in [0.3, 0.4) is 0 Å².